The molecule has 3 rings (SSSR count). The molecule has 0 bridgehead atoms. The molecule has 2 N–H and O–H groups in total. The first-order valence-corrected chi connectivity index (χ1v) is 6.12. The highest BCUT2D eigenvalue weighted by Gasteiger charge is 2.14. The lowest BCUT2D eigenvalue weighted by molar-refractivity contribution is 0.0694. The Hall–Kier alpha value is -3.15. The fourth-order valence-corrected chi connectivity index (χ4v) is 1.99. The summed E-state index contributed by atoms with van der Waals surface area (Å²) in [5, 5.41) is 10.9. The van der Waals surface area contributed by atoms with Crippen LogP contribution in [0.2, 0.25) is 0 Å². The molecule has 2 aromatic carbocycles. The van der Waals surface area contributed by atoms with Crippen molar-refractivity contribution in [2.24, 2.45) is 0 Å². The lowest BCUT2D eigenvalue weighted by Crippen LogP contribution is -2.06. The second-order valence-electron chi connectivity index (χ2n) is 4.35. The first-order chi connectivity index (χ1) is 10.1. The Kier molecular flexibility index (Phi) is 3.12. The minimum Gasteiger partial charge on any atom is -0.478 e. The molecule has 6 heteroatoms. The fourth-order valence-electron chi connectivity index (χ4n) is 1.99. The van der Waals surface area contributed by atoms with Gasteiger partial charge in [-0.3, -0.25) is 4.79 Å². The number of carboxylic acids is 1. The number of ether oxygens (including phenoxy) is 1. The van der Waals surface area contributed by atoms with E-state index in [4.69, 9.17) is 4.74 Å². The van der Waals surface area contributed by atoms with Crippen LogP contribution in [0.25, 0.3) is 10.8 Å². The third kappa shape index (κ3) is 2.59. The van der Waals surface area contributed by atoms with Crippen molar-refractivity contribution in [3.05, 3.63) is 64.7 Å². The van der Waals surface area contributed by atoms with Crippen LogP contribution >= 0.6 is 0 Å². The number of carbonyl (C=O) groups is 1. The zero-order valence-corrected chi connectivity index (χ0v) is 10.7. The molecule has 0 spiro atoms. The number of nitrogens with zero attached hydrogens (tertiary/aromatic N) is 1. The monoisotopic (exact) mass is 282 g/mol. The molecule has 0 unspecified atom stereocenters. The SMILES string of the molecule is O=C(O)c1cc2ccccc2cc1Oc1cc(=O)[nH]cn1. The van der Waals surface area contributed by atoms with Gasteiger partial charge in [0, 0.05) is 0 Å². The van der Waals surface area contributed by atoms with Crippen molar-refractivity contribution in [3.8, 4) is 11.6 Å². The molecular weight excluding hydrogens is 272 g/mol. The Labute approximate surface area is 118 Å². The van der Waals surface area contributed by atoms with Crippen LogP contribution in [0.1, 0.15) is 10.4 Å². The molecular formula is C15H10N2O4. The van der Waals surface area contributed by atoms with Gasteiger partial charge in [-0.05, 0) is 22.9 Å². The Morgan fingerprint density at radius 2 is 1.86 bits per heavy atom. The summed E-state index contributed by atoms with van der Waals surface area (Å²) in [7, 11) is 0. The van der Waals surface area contributed by atoms with Crippen LogP contribution in [-0.2, 0) is 0 Å². The van der Waals surface area contributed by atoms with Crippen LogP contribution in [0, 0.1) is 0 Å². The van der Waals surface area contributed by atoms with Crippen LogP contribution in [-0.4, -0.2) is 21.0 Å². The van der Waals surface area contributed by atoms with Gasteiger partial charge in [-0.1, -0.05) is 24.3 Å². The van der Waals surface area contributed by atoms with Gasteiger partial charge in [0.15, 0.2) is 0 Å². The summed E-state index contributed by atoms with van der Waals surface area (Å²) in [5.74, 6) is -0.934. The molecule has 0 atom stereocenters. The van der Waals surface area contributed by atoms with Gasteiger partial charge in [-0.25, -0.2) is 9.78 Å². The van der Waals surface area contributed by atoms with E-state index in [1.165, 1.54) is 12.4 Å². The summed E-state index contributed by atoms with van der Waals surface area (Å²) in [5.41, 5.74) is -0.367. The number of rotatable bonds is 3. The lowest BCUT2D eigenvalue weighted by atomic mass is 10.1. The Balaban J connectivity index is 2.13. The highest BCUT2D eigenvalue weighted by molar-refractivity contribution is 5.97. The normalized spacial score (nSPS) is 10.5. The summed E-state index contributed by atoms with van der Waals surface area (Å²) in [6.45, 7) is 0. The average Bonchev–Trinajstić information content (AvgIpc) is 2.46. The van der Waals surface area contributed by atoms with Gasteiger partial charge in [0.05, 0.1) is 12.4 Å². The number of hydrogen-bond acceptors (Lipinski definition) is 4. The molecule has 0 saturated heterocycles. The number of benzene rings is 2. The van der Waals surface area contributed by atoms with E-state index in [-0.39, 0.29) is 22.8 Å². The quantitative estimate of drug-likeness (QED) is 0.769. The van der Waals surface area contributed by atoms with Crippen molar-refractivity contribution in [1.29, 1.82) is 0 Å². The maximum absolute atomic E-state index is 11.4. The second-order valence-corrected chi connectivity index (χ2v) is 4.35. The maximum Gasteiger partial charge on any atom is 0.339 e. The van der Waals surface area contributed by atoms with Crippen molar-refractivity contribution in [1.82, 2.24) is 9.97 Å². The first kappa shape index (κ1) is 12.9. The molecule has 0 radical (unpaired) electrons. The maximum atomic E-state index is 11.4. The smallest absolute Gasteiger partial charge is 0.339 e. The molecule has 0 aliphatic carbocycles. The topological polar surface area (TPSA) is 92.3 Å². The van der Waals surface area contributed by atoms with Gasteiger partial charge < -0.3 is 14.8 Å². The summed E-state index contributed by atoms with van der Waals surface area (Å²) < 4.78 is 5.45. The van der Waals surface area contributed by atoms with Gasteiger partial charge in [0.1, 0.15) is 11.3 Å². The van der Waals surface area contributed by atoms with Gasteiger partial charge in [-0.2, -0.15) is 0 Å². The molecule has 3 aromatic rings. The minimum absolute atomic E-state index is 0.00998. The van der Waals surface area contributed by atoms with Crippen molar-refractivity contribution >= 4 is 16.7 Å². The first-order valence-electron chi connectivity index (χ1n) is 6.12. The summed E-state index contributed by atoms with van der Waals surface area (Å²) in [6.07, 6.45) is 1.19. The van der Waals surface area contributed by atoms with E-state index < -0.39 is 5.97 Å². The number of carboxylic acid groups (broad SMARTS) is 1. The van der Waals surface area contributed by atoms with Crippen molar-refractivity contribution in [3.63, 3.8) is 0 Å². The third-order valence-electron chi connectivity index (χ3n) is 2.95. The standard InChI is InChI=1S/C15H10N2O4/c18-13-7-14(17-8-16-13)21-12-6-10-4-2-1-3-9(10)5-11(12)15(19)20/h1-8H,(H,19,20)(H,16,17,18). The number of H-pyrrole nitrogens is 1. The highest BCUT2D eigenvalue weighted by Crippen LogP contribution is 2.29. The summed E-state index contributed by atoms with van der Waals surface area (Å²) >= 11 is 0. The van der Waals surface area contributed by atoms with Crippen LogP contribution in [0.5, 0.6) is 11.6 Å². The van der Waals surface area contributed by atoms with Crippen LogP contribution in [0.15, 0.2) is 53.6 Å². The molecule has 0 amide bonds. The summed E-state index contributed by atoms with van der Waals surface area (Å²) in [4.78, 5) is 28.8. The number of aromatic nitrogens is 2. The average molecular weight is 282 g/mol. The van der Waals surface area contributed by atoms with E-state index in [0.29, 0.717) is 0 Å². The fraction of sp³-hybridized carbons (Fsp3) is 0. The molecule has 6 nitrogen and oxygen atoms in total. The predicted molar refractivity (Wildman–Crippen MR) is 75.8 cm³/mol. The number of aromatic carboxylic acids is 1. The molecule has 0 aliphatic rings. The molecule has 21 heavy (non-hydrogen) atoms. The van der Waals surface area contributed by atoms with Crippen LogP contribution < -0.4 is 10.3 Å². The summed E-state index contributed by atoms with van der Waals surface area (Å²) in [6, 6.07) is 11.6. The predicted octanol–water partition coefficient (Wildman–Crippen LogP) is 2.41. The molecule has 0 saturated carbocycles. The molecule has 0 fully saturated rings. The van der Waals surface area contributed by atoms with Crippen molar-refractivity contribution < 1.29 is 14.6 Å². The third-order valence-corrected chi connectivity index (χ3v) is 2.95. The lowest BCUT2D eigenvalue weighted by Gasteiger charge is -2.09. The van der Waals surface area contributed by atoms with E-state index >= 15 is 0 Å². The van der Waals surface area contributed by atoms with Crippen LogP contribution in [0.4, 0.5) is 0 Å². The van der Waals surface area contributed by atoms with Gasteiger partial charge in [0.25, 0.3) is 5.56 Å². The Bertz CT molecular complexity index is 886. The number of aromatic amines is 1. The molecule has 0 aliphatic heterocycles. The van der Waals surface area contributed by atoms with Crippen molar-refractivity contribution in [2.75, 3.05) is 0 Å². The number of nitrogens with one attached hydrogen (secondary N) is 1. The van der Waals surface area contributed by atoms with Gasteiger partial charge in [-0.15, -0.1) is 0 Å². The zero-order chi connectivity index (χ0) is 14.8. The van der Waals surface area contributed by atoms with Gasteiger partial charge >= 0.3 is 5.97 Å². The van der Waals surface area contributed by atoms with E-state index in [1.807, 2.05) is 24.3 Å². The molecule has 1 heterocycles. The Morgan fingerprint density at radius 3 is 2.52 bits per heavy atom. The Morgan fingerprint density at radius 1 is 1.14 bits per heavy atom. The highest BCUT2D eigenvalue weighted by atomic mass is 16.5. The second kappa shape index (κ2) is 5.09. The molecule has 104 valence electrons. The van der Waals surface area contributed by atoms with Crippen LogP contribution in [0.3, 0.4) is 0 Å². The molecule has 1 aromatic heterocycles. The van der Waals surface area contributed by atoms with E-state index in [2.05, 4.69) is 9.97 Å². The number of fused-ring (bicyclic) bond motifs is 1. The minimum atomic E-state index is -1.11. The van der Waals surface area contributed by atoms with E-state index in [0.717, 1.165) is 16.8 Å². The van der Waals surface area contributed by atoms with Gasteiger partial charge in [0.2, 0.25) is 5.88 Å². The largest absolute Gasteiger partial charge is 0.478 e. The van der Waals surface area contributed by atoms with E-state index in [1.54, 1.807) is 6.07 Å². The van der Waals surface area contributed by atoms with Crippen molar-refractivity contribution in [2.45, 2.75) is 0 Å². The number of hydrogen-bond donors (Lipinski definition) is 2. The zero-order valence-electron chi connectivity index (χ0n) is 10.7. The van der Waals surface area contributed by atoms with E-state index in [9.17, 15) is 14.7 Å².